The molecule has 2 aromatic heterocycles. The molecule has 1 N–H and O–H groups in total. The van der Waals surface area contributed by atoms with Crippen LogP contribution >= 0.6 is 22.9 Å². The number of nitrogens with zero attached hydrogens (tertiary/aromatic N) is 4. The highest BCUT2D eigenvalue weighted by atomic mass is 35.5. The fraction of sp³-hybridized carbons (Fsp3) is 0.545. The highest BCUT2D eigenvalue weighted by molar-refractivity contribution is 7.16. The number of tetrazole rings is 1. The molecule has 5 nitrogen and oxygen atoms in total. The lowest BCUT2D eigenvalue weighted by Crippen LogP contribution is -2.24. The van der Waals surface area contributed by atoms with Gasteiger partial charge in [-0.3, -0.25) is 0 Å². The number of halogens is 1. The van der Waals surface area contributed by atoms with Crippen molar-refractivity contribution in [3.8, 4) is 0 Å². The first kappa shape index (κ1) is 13.5. The first-order chi connectivity index (χ1) is 8.65. The van der Waals surface area contributed by atoms with Crippen molar-refractivity contribution in [3.05, 3.63) is 27.2 Å². The van der Waals surface area contributed by atoms with Gasteiger partial charge in [-0.25, -0.2) is 4.68 Å². The molecular formula is C11H16ClN5S. The molecule has 0 saturated heterocycles. The second kappa shape index (κ2) is 6.26. The van der Waals surface area contributed by atoms with Gasteiger partial charge in [0.1, 0.15) is 0 Å². The van der Waals surface area contributed by atoms with Crippen LogP contribution in [0.15, 0.2) is 12.1 Å². The van der Waals surface area contributed by atoms with Gasteiger partial charge in [0.05, 0.1) is 10.9 Å². The van der Waals surface area contributed by atoms with Gasteiger partial charge in [-0.05, 0) is 22.6 Å². The van der Waals surface area contributed by atoms with E-state index in [4.69, 9.17) is 11.6 Å². The minimum Gasteiger partial charge on any atom is -0.308 e. The highest BCUT2D eigenvalue weighted by Gasteiger charge is 2.07. The number of hydrogen-bond acceptors (Lipinski definition) is 5. The van der Waals surface area contributed by atoms with Crippen LogP contribution in [0.2, 0.25) is 4.34 Å². The summed E-state index contributed by atoms with van der Waals surface area (Å²) in [4.78, 5) is 1.25. The molecule has 0 aliphatic heterocycles. The molecule has 0 radical (unpaired) electrons. The molecular weight excluding hydrogens is 270 g/mol. The Morgan fingerprint density at radius 3 is 2.94 bits per heavy atom. The SMILES string of the molecule is CC(C)NCc1nnnn1CCc1ccc(Cl)s1. The van der Waals surface area contributed by atoms with Crippen LogP contribution in [0.25, 0.3) is 0 Å². The van der Waals surface area contributed by atoms with Gasteiger partial charge < -0.3 is 5.32 Å². The lowest BCUT2D eigenvalue weighted by atomic mass is 10.3. The maximum atomic E-state index is 5.90. The maximum absolute atomic E-state index is 5.90. The zero-order chi connectivity index (χ0) is 13.0. The summed E-state index contributed by atoms with van der Waals surface area (Å²) in [6.07, 6.45) is 0.900. The monoisotopic (exact) mass is 285 g/mol. The second-order valence-corrected chi connectivity index (χ2v) is 6.11. The first-order valence-corrected chi connectivity index (χ1v) is 7.07. The molecule has 0 saturated carbocycles. The van der Waals surface area contributed by atoms with Crippen molar-refractivity contribution in [1.82, 2.24) is 25.5 Å². The minimum absolute atomic E-state index is 0.422. The Bertz CT molecular complexity index is 493. The lowest BCUT2D eigenvalue weighted by Gasteiger charge is -2.07. The van der Waals surface area contributed by atoms with Crippen molar-refractivity contribution in [2.45, 2.75) is 39.4 Å². The largest absolute Gasteiger partial charge is 0.308 e. The molecule has 2 rings (SSSR count). The van der Waals surface area contributed by atoms with Crippen LogP contribution in [0.4, 0.5) is 0 Å². The number of nitrogens with one attached hydrogen (secondary N) is 1. The van der Waals surface area contributed by atoms with E-state index >= 15 is 0 Å². The number of hydrogen-bond donors (Lipinski definition) is 1. The third-order valence-corrected chi connectivity index (χ3v) is 3.76. The number of thiophene rings is 1. The van der Waals surface area contributed by atoms with E-state index in [1.165, 1.54) is 4.88 Å². The predicted molar refractivity (Wildman–Crippen MR) is 72.8 cm³/mol. The molecule has 0 aliphatic carbocycles. The van der Waals surface area contributed by atoms with Crippen LogP contribution in [0, 0.1) is 0 Å². The van der Waals surface area contributed by atoms with Crippen LogP contribution < -0.4 is 5.32 Å². The van der Waals surface area contributed by atoms with Gasteiger partial charge in [0.25, 0.3) is 0 Å². The van der Waals surface area contributed by atoms with Gasteiger partial charge in [-0.15, -0.1) is 16.4 Å². The summed E-state index contributed by atoms with van der Waals surface area (Å²) in [5.74, 6) is 0.867. The molecule has 2 aromatic rings. The first-order valence-electron chi connectivity index (χ1n) is 5.88. The van der Waals surface area contributed by atoms with Crippen molar-refractivity contribution in [3.63, 3.8) is 0 Å². The molecule has 0 spiro atoms. The standard InChI is InChI=1S/C11H16ClN5S/c1-8(2)13-7-11-14-15-16-17(11)6-5-9-3-4-10(12)18-9/h3-4,8,13H,5-7H2,1-2H3. The molecule has 0 atom stereocenters. The quantitative estimate of drug-likeness (QED) is 0.883. The maximum Gasteiger partial charge on any atom is 0.165 e. The summed E-state index contributed by atoms with van der Waals surface area (Å²) in [6.45, 7) is 5.67. The van der Waals surface area contributed by atoms with E-state index in [9.17, 15) is 0 Å². The van der Waals surface area contributed by atoms with Gasteiger partial charge >= 0.3 is 0 Å². The van der Waals surface area contributed by atoms with E-state index in [1.807, 2.05) is 16.8 Å². The Morgan fingerprint density at radius 2 is 2.28 bits per heavy atom. The summed E-state index contributed by atoms with van der Waals surface area (Å²) in [5.41, 5.74) is 0. The van der Waals surface area contributed by atoms with Crippen LogP contribution in [-0.2, 0) is 19.5 Å². The van der Waals surface area contributed by atoms with E-state index in [1.54, 1.807) is 11.3 Å². The second-order valence-electron chi connectivity index (χ2n) is 4.31. The third-order valence-electron chi connectivity index (χ3n) is 2.47. The summed E-state index contributed by atoms with van der Waals surface area (Å²) in [6, 6.07) is 4.39. The van der Waals surface area contributed by atoms with Gasteiger partial charge in [0.15, 0.2) is 5.82 Å². The van der Waals surface area contributed by atoms with Crippen molar-refractivity contribution >= 4 is 22.9 Å². The zero-order valence-electron chi connectivity index (χ0n) is 10.4. The van der Waals surface area contributed by atoms with E-state index in [-0.39, 0.29) is 0 Å². The minimum atomic E-state index is 0.422. The smallest absolute Gasteiger partial charge is 0.165 e. The Balaban J connectivity index is 1.91. The van der Waals surface area contributed by atoms with E-state index in [2.05, 4.69) is 34.7 Å². The Hall–Kier alpha value is -0.980. The van der Waals surface area contributed by atoms with Crippen LogP contribution in [0.5, 0.6) is 0 Å². The molecule has 0 aliphatic rings. The van der Waals surface area contributed by atoms with E-state index in [0.717, 1.165) is 23.1 Å². The molecule has 98 valence electrons. The fourth-order valence-electron chi connectivity index (χ4n) is 1.52. The van der Waals surface area contributed by atoms with E-state index in [0.29, 0.717) is 12.6 Å². The Labute approximate surface area is 115 Å². The number of aryl methyl sites for hydroxylation is 2. The summed E-state index contributed by atoms with van der Waals surface area (Å²) in [7, 11) is 0. The average Bonchev–Trinajstić information content (AvgIpc) is 2.92. The average molecular weight is 286 g/mol. The molecule has 0 amide bonds. The third kappa shape index (κ3) is 3.76. The van der Waals surface area contributed by atoms with Crippen LogP contribution in [-0.4, -0.2) is 26.2 Å². The molecule has 0 aromatic carbocycles. The predicted octanol–water partition coefficient (Wildman–Crippen LogP) is 2.13. The van der Waals surface area contributed by atoms with Gasteiger partial charge in [0.2, 0.25) is 0 Å². The molecule has 0 fully saturated rings. The van der Waals surface area contributed by atoms with E-state index < -0.39 is 0 Å². The van der Waals surface area contributed by atoms with Crippen molar-refractivity contribution in [2.75, 3.05) is 0 Å². The molecule has 2 heterocycles. The molecule has 18 heavy (non-hydrogen) atoms. The normalized spacial score (nSPS) is 11.3. The van der Waals surface area contributed by atoms with Gasteiger partial charge in [0, 0.05) is 23.9 Å². The van der Waals surface area contributed by atoms with Crippen molar-refractivity contribution < 1.29 is 0 Å². The summed E-state index contributed by atoms with van der Waals surface area (Å²) in [5, 5.41) is 15.1. The van der Waals surface area contributed by atoms with Gasteiger partial charge in [-0.1, -0.05) is 25.4 Å². The lowest BCUT2D eigenvalue weighted by molar-refractivity contribution is 0.518. The number of aromatic nitrogens is 4. The Kier molecular flexibility index (Phi) is 4.68. The van der Waals surface area contributed by atoms with Crippen LogP contribution in [0.1, 0.15) is 24.5 Å². The van der Waals surface area contributed by atoms with Crippen LogP contribution in [0.3, 0.4) is 0 Å². The van der Waals surface area contributed by atoms with Crippen molar-refractivity contribution in [1.29, 1.82) is 0 Å². The summed E-state index contributed by atoms with van der Waals surface area (Å²) >= 11 is 7.50. The number of rotatable bonds is 6. The topological polar surface area (TPSA) is 55.6 Å². The molecule has 7 heteroatoms. The molecule has 0 unspecified atom stereocenters. The van der Waals surface area contributed by atoms with Gasteiger partial charge in [-0.2, -0.15) is 0 Å². The fourth-order valence-corrected chi connectivity index (χ4v) is 2.60. The summed E-state index contributed by atoms with van der Waals surface area (Å²) < 4.78 is 2.66. The van der Waals surface area contributed by atoms with Crippen molar-refractivity contribution in [2.24, 2.45) is 0 Å². The Morgan fingerprint density at radius 1 is 1.44 bits per heavy atom. The molecule has 0 bridgehead atoms. The highest BCUT2D eigenvalue weighted by Crippen LogP contribution is 2.21. The zero-order valence-corrected chi connectivity index (χ0v) is 12.0.